The maximum Gasteiger partial charge on any atom is 0.320 e. The normalized spacial score (nSPS) is 23.5. The molecule has 2 atom stereocenters. The molecule has 2 amide bonds. The van der Waals surface area contributed by atoms with Crippen molar-refractivity contribution in [3.63, 3.8) is 0 Å². The highest BCUT2D eigenvalue weighted by molar-refractivity contribution is 5.77. The van der Waals surface area contributed by atoms with Crippen LogP contribution in [0.5, 0.6) is 0 Å². The number of carbonyl (C=O) groups is 2. The standard InChI is InChI=1S/C13H24N2O3/c1-5-10(6-2)14(4)13(18)15-7-9(3)11(8-15)12(16)17/h9-11H,5-8H2,1-4H3,(H,16,17). The van der Waals surface area contributed by atoms with Crippen LogP contribution in [0.4, 0.5) is 4.79 Å². The molecular weight excluding hydrogens is 232 g/mol. The first-order valence-corrected chi connectivity index (χ1v) is 6.66. The summed E-state index contributed by atoms with van der Waals surface area (Å²) < 4.78 is 0. The van der Waals surface area contributed by atoms with E-state index in [4.69, 9.17) is 5.11 Å². The number of urea groups is 1. The summed E-state index contributed by atoms with van der Waals surface area (Å²) in [6.45, 7) is 6.89. The van der Waals surface area contributed by atoms with Crippen molar-refractivity contribution in [3.8, 4) is 0 Å². The van der Waals surface area contributed by atoms with Crippen molar-refractivity contribution < 1.29 is 14.7 Å². The van der Waals surface area contributed by atoms with Crippen molar-refractivity contribution in [2.24, 2.45) is 11.8 Å². The van der Waals surface area contributed by atoms with E-state index >= 15 is 0 Å². The molecular formula is C13H24N2O3. The van der Waals surface area contributed by atoms with Crippen LogP contribution >= 0.6 is 0 Å². The smallest absolute Gasteiger partial charge is 0.320 e. The molecule has 0 aromatic rings. The van der Waals surface area contributed by atoms with Crippen LogP contribution in [0.25, 0.3) is 0 Å². The highest BCUT2D eigenvalue weighted by Gasteiger charge is 2.38. The fraction of sp³-hybridized carbons (Fsp3) is 0.846. The summed E-state index contributed by atoms with van der Waals surface area (Å²) in [5.41, 5.74) is 0. The summed E-state index contributed by atoms with van der Waals surface area (Å²) in [4.78, 5) is 26.7. The SMILES string of the molecule is CCC(CC)N(C)C(=O)N1CC(C)C(C(=O)O)C1. The van der Waals surface area contributed by atoms with E-state index in [9.17, 15) is 9.59 Å². The van der Waals surface area contributed by atoms with E-state index < -0.39 is 11.9 Å². The number of hydrogen-bond donors (Lipinski definition) is 1. The first-order chi connectivity index (χ1) is 8.42. The van der Waals surface area contributed by atoms with E-state index in [1.54, 1.807) is 16.8 Å². The first-order valence-electron chi connectivity index (χ1n) is 6.66. The Labute approximate surface area is 109 Å². The second-order valence-electron chi connectivity index (χ2n) is 5.19. The molecule has 1 aliphatic heterocycles. The van der Waals surface area contributed by atoms with Crippen LogP contribution < -0.4 is 0 Å². The Morgan fingerprint density at radius 1 is 1.33 bits per heavy atom. The molecule has 0 aromatic heterocycles. The topological polar surface area (TPSA) is 60.9 Å². The molecule has 1 rings (SSSR count). The molecule has 5 nitrogen and oxygen atoms in total. The minimum Gasteiger partial charge on any atom is -0.481 e. The van der Waals surface area contributed by atoms with E-state index in [0.717, 1.165) is 12.8 Å². The van der Waals surface area contributed by atoms with Gasteiger partial charge in [-0.25, -0.2) is 4.79 Å². The van der Waals surface area contributed by atoms with Crippen LogP contribution in [0.15, 0.2) is 0 Å². The number of carbonyl (C=O) groups excluding carboxylic acids is 1. The van der Waals surface area contributed by atoms with E-state index in [2.05, 4.69) is 13.8 Å². The average Bonchev–Trinajstić information content (AvgIpc) is 2.71. The lowest BCUT2D eigenvalue weighted by Crippen LogP contribution is -2.45. The van der Waals surface area contributed by atoms with Gasteiger partial charge in [0.2, 0.25) is 0 Å². The van der Waals surface area contributed by atoms with Gasteiger partial charge in [0.15, 0.2) is 0 Å². The van der Waals surface area contributed by atoms with Crippen molar-refractivity contribution in [3.05, 3.63) is 0 Å². The number of nitrogens with zero attached hydrogens (tertiary/aromatic N) is 2. The van der Waals surface area contributed by atoms with Crippen LogP contribution in [-0.4, -0.2) is 53.1 Å². The quantitative estimate of drug-likeness (QED) is 0.835. The highest BCUT2D eigenvalue weighted by atomic mass is 16.4. The Balaban J connectivity index is 2.66. The van der Waals surface area contributed by atoms with E-state index in [-0.39, 0.29) is 18.0 Å². The molecule has 0 spiro atoms. The van der Waals surface area contributed by atoms with Gasteiger partial charge in [-0.2, -0.15) is 0 Å². The number of amides is 2. The maximum absolute atomic E-state index is 12.3. The van der Waals surface area contributed by atoms with Gasteiger partial charge in [-0.3, -0.25) is 4.79 Å². The van der Waals surface area contributed by atoms with Gasteiger partial charge >= 0.3 is 12.0 Å². The molecule has 1 fully saturated rings. The maximum atomic E-state index is 12.3. The Bertz CT molecular complexity index is 315. The molecule has 1 aliphatic rings. The summed E-state index contributed by atoms with van der Waals surface area (Å²) in [7, 11) is 1.80. The Kier molecular flexibility index (Phi) is 4.99. The van der Waals surface area contributed by atoms with Crippen LogP contribution in [0.2, 0.25) is 0 Å². The average molecular weight is 256 g/mol. The van der Waals surface area contributed by atoms with E-state index in [0.29, 0.717) is 13.1 Å². The zero-order valence-electron chi connectivity index (χ0n) is 11.7. The molecule has 0 bridgehead atoms. The fourth-order valence-electron chi connectivity index (χ4n) is 2.66. The number of carboxylic acids is 1. The number of rotatable bonds is 4. The predicted octanol–water partition coefficient (Wildman–Crippen LogP) is 1.88. The second-order valence-corrected chi connectivity index (χ2v) is 5.19. The van der Waals surface area contributed by atoms with E-state index in [1.807, 2.05) is 6.92 Å². The molecule has 0 aliphatic carbocycles. The van der Waals surface area contributed by atoms with Gasteiger partial charge in [-0.05, 0) is 18.8 Å². The molecule has 1 heterocycles. The minimum absolute atomic E-state index is 0.0292. The molecule has 104 valence electrons. The van der Waals surface area contributed by atoms with E-state index in [1.165, 1.54) is 0 Å². The summed E-state index contributed by atoms with van der Waals surface area (Å²) in [5, 5.41) is 9.07. The predicted molar refractivity (Wildman–Crippen MR) is 69.4 cm³/mol. The summed E-state index contributed by atoms with van der Waals surface area (Å²) in [6, 6.07) is 0.191. The van der Waals surface area contributed by atoms with Gasteiger partial charge in [0.05, 0.1) is 5.92 Å². The zero-order valence-corrected chi connectivity index (χ0v) is 11.7. The fourth-order valence-corrected chi connectivity index (χ4v) is 2.66. The monoisotopic (exact) mass is 256 g/mol. The number of carboxylic acid groups (broad SMARTS) is 1. The zero-order chi connectivity index (χ0) is 13.9. The molecule has 0 radical (unpaired) electrons. The van der Waals surface area contributed by atoms with Crippen molar-refractivity contribution in [2.45, 2.75) is 39.7 Å². The minimum atomic E-state index is -0.803. The van der Waals surface area contributed by atoms with Crippen LogP contribution in [0.3, 0.4) is 0 Å². The molecule has 0 saturated carbocycles. The van der Waals surface area contributed by atoms with Crippen LogP contribution in [0.1, 0.15) is 33.6 Å². The first kappa shape index (κ1) is 14.8. The third-order valence-electron chi connectivity index (χ3n) is 3.99. The summed E-state index contributed by atoms with van der Waals surface area (Å²) in [6.07, 6.45) is 1.84. The third-order valence-corrected chi connectivity index (χ3v) is 3.99. The Hall–Kier alpha value is -1.26. The van der Waals surface area contributed by atoms with Crippen molar-refractivity contribution in [1.82, 2.24) is 9.80 Å². The number of likely N-dealkylation sites (tertiary alicyclic amines) is 1. The summed E-state index contributed by atoms with van der Waals surface area (Å²) in [5.74, 6) is -1.20. The number of aliphatic carboxylic acids is 1. The van der Waals surface area contributed by atoms with Gasteiger partial charge < -0.3 is 14.9 Å². The molecule has 18 heavy (non-hydrogen) atoms. The summed E-state index contributed by atoms with van der Waals surface area (Å²) >= 11 is 0. The van der Waals surface area contributed by atoms with Gasteiger partial charge in [-0.1, -0.05) is 20.8 Å². The largest absolute Gasteiger partial charge is 0.481 e. The Morgan fingerprint density at radius 3 is 2.28 bits per heavy atom. The lowest BCUT2D eigenvalue weighted by atomic mass is 9.99. The Morgan fingerprint density at radius 2 is 1.89 bits per heavy atom. The highest BCUT2D eigenvalue weighted by Crippen LogP contribution is 2.24. The second kappa shape index (κ2) is 6.07. The lowest BCUT2D eigenvalue weighted by molar-refractivity contribution is -0.142. The van der Waals surface area contributed by atoms with Crippen molar-refractivity contribution in [1.29, 1.82) is 0 Å². The molecule has 2 unspecified atom stereocenters. The molecule has 5 heteroatoms. The molecule has 1 N–H and O–H groups in total. The number of hydrogen-bond acceptors (Lipinski definition) is 2. The van der Waals surface area contributed by atoms with Gasteiger partial charge in [0.25, 0.3) is 0 Å². The lowest BCUT2D eigenvalue weighted by Gasteiger charge is -2.30. The third kappa shape index (κ3) is 2.94. The van der Waals surface area contributed by atoms with Gasteiger partial charge in [0, 0.05) is 26.2 Å². The van der Waals surface area contributed by atoms with Crippen molar-refractivity contribution in [2.75, 3.05) is 20.1 Å². The van der Waals surface area contributed by atoms with Crippen LogP contribution in [0, 0.1) is 11.8 Å². The van der Waals surface area contributed by atoms with Crippen LogP contribution in [-0.2, 0) is 4.79 Å². The van der Waals surface area contributed by atoms with Gasteiger partial charge in [0.1, 0.15) is 0 Å². The molecule has 0 aromatic carbocycles. The van der Waals surface area contributed by atoms with Crippen molar-refractivity contribution >= 4 is 12.0 Å². The van der Waals surface area contributed by atoms with Gasteiger partial charge in [-0.15, -0.1) is 0 Å². The molecule has 1 saturated heterocycles.